The molecule has 0 amide bonds. The van der Waals surface area contributed by atoms with Gasteiger partial charge in [0, 0.05) is 0 Å². The Bertz CT molecular complexity index is 1230. The van der Waals surface area contributed by atoms with Crippen LogP contribution in [0.25, 0.3) is 21.5 Å². The van der Waals surface area contributed by atoms with Gasteiger partial charge in [-0.1, -0.05) is 37.1 Å². The quantitative estimate of drug-likeness (QED) is 0.140. The fraction of sp³-hybridized carbons (Fsp3) is 0.118. The summed E-state index contributed by atoms with van der Waals surface area (Å²) >= 11 is 1.81. The summed E-state index contributed by atoms with van der Waals surface area (Å²) in [6, 6.07) is 46.8. The summed E-state index contributed by atoms with van der Waals surface area (Å²) in [4.78, 5) is 0. The normalized spacial score (nSPS) is 9.31. The van der Waals surface area contributed by atoms with Gasteiger partial charge in [-0.2, -0.15) is 84.9 Å². The average molecular weight is 517 g/mol. The van der Waals surface area contributed by atoms with Crippen LogP contribution in [0.5, 0.6) is 0 Å². The van der Waals surface area contributed by atoms with Crippen LogP contribution in [0.3, 0.4) is 0 Å². The van der Waals surface area contributed by atoms with Crippen molar-refractivity contribution >= 4 is 29.2 Å². The Morgan fingerprint density at radius 1 is 0.528 bits per heavy atom. The molecule has 0 bridgehead atoms. The largest absolute Gasteiger partial charge is 0.184 e. The number of hydrogen-bond donors (Lipinski definition) is 0. The molecule has 2 heteroatoms. The molecule has 2 radical (unpaired) electrons. The van der Waals surface area contributed by atoms with Crippen molar-refractivity contribution in [3.63, 3.8) is 0 Å². The number of hydrogen-bond acceptors (Lipinski definition) is 0. The number of benzene rings is 4. The van der Waals surface area contributed by atoms with E-state index in [2.05, 4.69) is 108 Å². The van der Waals surface area contributed by atoms with Crippen LogP contribution in [-0.4, -0.2) is 7.63 Å². The minimum absolute atomic E-state index is 1.36. The van der Waals surface area contributed by atoms with Crippen molar-refractivity contribution < 1.29 is 19.2 Å². The molecule has 0 saturated carbocycles. The number of fused-ring (bicyclic) bond motifs is 2. The van der Waals surface area contributed by atoms with Crippen LogP contribution >= 0.6 is 0 Å². The first-order chi connectivity index (χ1) is 17.5. The zero-order chi connectivity index (χ0) is 26.2. The van der Waals surface area contributed by atoms with Gasteiger partial charge in [0.05, 0.1) is 0 Å². The molecule has 0 aliphatic rings. The molecule has 0 heterocycles. The minimum Gasteiger partial charge on any atom is -0.184 e. The van der Waals surface area contributed by atoms with E-state index in [4.69, 9.17) is 0 Å². The van der Waals surface area contributed by atoms with Crippen molar-refractivity contribution in [2.45, 2.75) is 27.7 Å². The molecule has 36 heavy (non-hydrogen) atoms. The van der Waals surface area contributed by atoms with E-state index in [0.29, 0.717) is 0 Å². The molecule has 0 aliphatic heterocycles. The van der Waals surface area contributed by atoms with Gasteiger partial charge in [-0.15, -0.1) is 69.1 Å². The summed E-state index contributed by atoms with van der Waals surface area (Å²) in [5.41, 5.74) is 5.45. The van der Waals surface area contributed by atoms with Crippen molar-refractivity contribution in [1.82, 2.24) is 0 Å². The van der Waals surface area contributed by atoms with E-state index >= 15 is 0 Å². The molecule has 0 aliphatic carbocycles. The Kier molecular flexibility index (Phi) is 13.5. The molecule has 0 spiro atoms. The molecule has 0 unspecified atom stereocenters. The Labute approximate surface area is 230 Å². The topological polar surface area (TPSA) is 0 Å². The monoisotopic (exact) mass is 516 g/mol. The molecular weight excluding hydrogens is 484 g/mol. The zero-order valence-electron chi connectivity index (χ0n) is 21.5. The second-order valence-electron chi connectivity index (χ2n) is 8.38. The number of aryl methyl sites for hydroxylation is 4. The summed E-state index contributed by atoms with van der Waals surface area (Å²) in [7, 11) is 2.97. The van der Waals surface area contributed by atoms with E-state index in [-0.39, 0.29) is 0 Å². The van der Waals surface area contributed by atoms with Crippen molar-refractivity contribution in [2.75, 3.05) is 0 Å². The molecular formula is C34H32SiTi-4. The van der Waals surface area contributed by atoms with Crippen LogP contribution < -0.4 is 0 Å². The summed E-state index contributed by atoms with van der Waals surface area (Å²) in [5, 5.41) is 5.51. The average Bonchev–Trinajstić information content (AvgIpc) is 3.51. The van der Waals surface area contributed by atoms with Crippen molar-refractivity contribution in [1.29, 1.82) is 0 Å². The SMILES string of the molecule is Cc1cc2c(C)cccc2[cH-]1.Cc1cc2c(C)cccc2[cH-]1.[Si]=[Ti].[c-]1ccccc1.[c-]1ccccc1. The van der Waals surface area contributed by atoms with Crippen molar-refractivity contribution in [3.8, 4) is 0 Å². The molecule has 0 fully saturated rings. The molecule has 6 aromatic carbocycles. The number of rotatable bonds is 0. The maximum atomic E-state index is 2.97. The van der Waals surface area contributed by atoms with E-state index in [1.54, 1.807) is 19.2 Å². The Balaban J connectivity index is 0.000000171. The Morgan fingerprint density at radius 3 is 1.14 bits per heavy atom. The van der Waals surface area contributed by atoms with Gasteiger partial charge in [0.25, 0.3) is 0 Å². The van der Waals surface area contributed by atoms with Gasteiger partial charge in [-0.25, -0.2) is 0 Å². The van der Waals surface area contributed by atoms with Crippen LogP contribution in [0.1, 0.15) is 22.3 Å². The first-order valence-corrected chi connectivity index (χ1v) is 14.7. The van der Waals surface area contributed by atoms with Gasteiger partial charge in [-0.3, -0.25) is 0 Å². The van der Waals surface area contributed by atoms with Crippen LogP contribution in [0.15, 0.2) is 121 Å². The molecule has 0 N–H and O–H groups in total. The fourth-order valence-corrected chi connectivity index (χ4v) is 3.77. The van der Waals surface area contributed by atoms with Crippen molar-refractivity contribution in [3.05, 3.63) is 156 Å². The first kappa shape index (κ1) is 29.3. The summed E-state index contributed by atoms with van der Waals surface area (Å²) in [6.07, 6.45) is 0. The van der Waals surface area contributed by atoms with E-state index in [0.717, 1.165) is 0 Å². The zero-order valence-corrected chi connectivity index (χ0v) is 24.1. The van der Waals surface area contributed by atoms with E-state index in [9.17, 15) is 0 Å². The van der Waals surface area contributed by atoms with Gasteiger partial charge in [0.15, 0.2) is 0 Å². The Morgan fingerprint density at radius 2 is 0.889 bits per heavy atom. The van der Waals surface area contributed by atoms with Crippen molar-refractivity contribution in [2.24, 2.45) is 0 Å². The molecule has 0 saturated heterocycles. The minimum atomic E-state index is 1.36. The molecule has 0 atom stereocenters. The first-order valence-electron chi connectivity index (χ1n) is 11.9. The summed E-state index contributed by atoms with van der Waals surface area (Å²) in [6.45, 7) is 8.59. The summed E-state index contributed by atoms with van der Waals surface area (Å²) < 4.78 is 0. The van der Waals surface area contributed by atoms with Crippen LogP contribution in [0, 0.1) is 39.8 Å². The second-order valence-corrected chi connectivity index (χ2v) is 8.38. The van der Waals surface area contributed by atoms with E-state index in [1.165, 1.54) is 43.8 Å². The predicted octanol–water partition coefficient (Wildman–Crippen LogP) is 8.94. The molecule has 6 aromatic rings. The maximum absolute atomic E-state index is 2.97. The fourth-order valence-electron chi connectivity index (χ4n) is 3.77. The predicted molar refractivity (Wildman–Crippen MR) is 154 cm³/mol. The Hall–Kier alpha value is -2.97. The maximum Gasteiger partial charge on any atom is -0.171 e. The van der Waals surface area contributed by atoms with E-state index in [1.807, 2.05) is 60.7 Å². The summed E-state index contributed by atoms with van der Waals surface area (Å²) in [5.74, 6) is 0. The molecule has 0 aromatic heterocycles. The molecule has 180 valence electrons. The van der Waals surface area contributed by atoms with Gasteiger partial charge >= 0.3 is 26.8 Å². The van der Waals surface area contributed by atoms with Gasteiger partial charge < -0.3 is 0 Å². The third-order valence-corrected chi connectivity index (χ3v) is 5.44. The van der Waals surface area contributed by atoms with E-state index < -0.39 is 0 Å². The standard InChI is InChI=1S/2C11H11.2C6H5.Si.Ti/c2*1-8-6-10-5-3-4-9(2)11(10)7-8;2*1-2-4-6-5-3-1;;/h2*3-7H,1-2H3;2*1-5H;;/q4*-1;;. The van der Waals surface area contributed by atoms with Gasteiger partial charge in [0.1, 0.15) is 0 Å². The smallest absolute Gasteiger partial charge is 0.171 e. The van der Waals surface area contributed by atoms with Crippen LogP contribution in [0.4, 0.5) is 0 Å². The molecule has 0 nitrogen and oxygen atoms in total. The third-order valence-electron chi connectivity index (χ3n) is 5.44. The van der Waals surface area contributed by atoms with Crippen LogP contribution in [0.2, 0.25) is 0 Å². The third kappa shape index (κ3) is 9.95. The molecule has 6 rings (SSSR count). The second kappa shape index (κ2) is 16.7. The van der Waals surface area contributed by atoms with Gasteiger partial charge in [-0.05, 0) is 13.8 Å². The van der Waals surface area contributed by atoms with Gasteiger partial charge in [0.2, 0.25) is 0 Å². The van der Waals surface area contributed by atoms with Crippen LogP contribution in [-0.2, 0) is 19.2 Å².